The summed E-state index contributed by atoms with van der Waals surface area (Å²) >= 11 is 0. The van der Waals surface area contributed by atoms with Crippen LogP contribution in [0.15, 0.2) is 0 Å². The number of likely N-dealkylation sites (tertiary alicyclic amines) is 1. The van der Waals surface area contributed by atoms with E-state index in [1.807, 2.05) is 0 Å². The number of nitrogens with zero attached hydrogens (tertiary/aromatic N) is 1. The van der Waals surface area contributed by atoms with E-state index in [1.54, 1.807) is 0 Å². The largest absolute Gasteiger partial charge is 0.381 e. The zero-order chi connectivity index (χ0) is 12.6. The van der Waals surface area contributed by atoms with Gasteiger partial charge < -0.3 is 10.5 Å². The van der Waals surface area contributed by atoms with E-state index in [0.29, 0.717) is 11.0 Å². The van der Waals surface area contributed by atoms with Crippen LogP contribution in [-0.2, 0) is 4.74 Å². The van der Waals surface area contributed by atoms with E-state index in [4.69, 9.17) is 10.5 Å². The van der Waals surface area contributed by atoms with Crippen molar-refractivity contribution in [3.8, 4) is 0 Å². The lowest BCUT2D eigenvalue weighted by Crippen LogP contribution is -2.71. The van der Waals surface area contributed by atoms with Gasteiger partial charge in [-0.15, -0.1) is 0 Å². The van der Waals surface area contributed by atoms with Crippen molar-refractivity contribution in [2.45, 2.75) is 51.0 Å². The van der Waals surface area contributed by atoms with Crippen molar-refractivity contribution in [2.75, 3.05) is 32.8 Å². The molecule has 3 fully saturated rings. The maximum atomic E-state index is 6.19. The molecule has 2 saturated heterocycles. The molecule has 1 saturated carbocycles. The average molecular weight is 252 g/mol. The minimum absolute atomic E-state index is 0.321. The quantitative estimate of drug-likeness (QED) is 0.817. The maximum Gasteiger partial charge on any atom is 0.0472 e. The van der Waals surface area contributed by atoms with Crippen LogP contribution in [0.5, 0.6) is 0 Å². The molecule has 104 valence electrons. The summed E-state index contributed by atoms with van der Waals surface area (Å²) in [5.74, 6) is 0.772. The van der Waals surface area contributed by atoms with Crippen molar-refractivity contribution in [1.82, 2.24) is 4.90 Å². The molecule has 3 rings (SSSR count). The van der Waals surface area contributed by atoms with Crippen LogP contribution in [-0.4, -0.2) is 43.3 Å². The molecular weight excluding hydrogens is 224 g/mol. The molecule has 3 aliphatic rings. The third-order valence-electron chi connectivity index (χ3n) is 6.00. The molecular formula is C15H28N2O. The Balaban J connectivity index is 1.67. The Morgan fingerprint density at radius 1 is 1.17 bits per heavy atom. The van der Waals surface area contributed by atoms with E-state index < -0.39 is 0 Å². The highest BCUT2D eigenvalue weighted by Crippen LogP contribution is 2.48. The summed E-state index contributed by atoms with van der Waals surface area (Å²) in [5.41, 5.74) is 7.09. The summed E-state index contributed by atoms with van der Waals surface area (Å²) in [4.78, 5) is 2.72. The molecule has 0 aromatic carbocycles. The molecule has 18 heavy (non-hydrogen) atoms. The third-order valence-corrected chi connectivity index (χ3v) is 6.00. The van der Waals surface area contributed by atoms with Gasteiger partial charge >= 0.3 is 0 Å². The summed E-state index contributed by atoms with van der Waals surface area (Å²) in [5, 5.41) is 0. The monoisotopic (exact) mass is 252 g/mol. The lowest BCUT2D eigenvalue weighted by atomic mass is 9.65. The van der Waals surface area contributed by atoms with Gasteiger partial charge in [-0.1, -0.05) is 19.8 Å². The molecule has 2 N–H and O–H groups in total. The van der Waals surface area contributed by atoms with Gasteiger partial charge in [0.25, 0.3) is 0 Å². The summed E-state index contributed by atoms with van der Waals surface area (Å²) in [6.07, 6.45) is 7.97. The third kappa shape index (κ3) is 1.91. The minimum Gasteiger partial charge on any atom is -0.381 e. The summed E-state index contributed by atoms with van der Waals surface area (Å²) in [6, 6.07) is 0. The molecule has 2 aliphatic heterocycles. The molecule has 0 aromatic rings. The van der Waals surface area contributed by atoms with Crippen molar-refractivity contribution >= 4 is 0 Å². The molecule has 0 aromatic heterocycles. The highest BCUT2D eigenvalue weighted by atomic mass is 16.5. The van der Waals surface area contributed by atoms with Crippen LogP contribution >= 0.6 is 0 Å². The normalized spacial score (nSPS) is 40.7. The molecule has 2 unspecified atom stereocenters. The predicted molar refractivity (Wildman–Crippen MR) is 73.5 cm³/mol. The van der Waals surface area contributed by atoms with Crippen LogP contribution in [0.3, 0.4) is 0 Å². The topological polar surface area (TPSA) is 38.5 Å². The number of ether oxygens (including phenoxy) is 1. The zero-order valence-corrected chi connectivity index (χ0v) is 11.8. The predicted octanol–water partition coefficient (Wildman–Crippen LogP) is 2.01. The van der Waals surface area contributed by atoms with Crippen LogP contribution in [0.4, 0.5) is 0 Å². The van der Waals surface area contributed by atoms with Crippen LogP contribution in [0.2, 0.25) is 0 Å². The van der Waals surface area contributed by atoms with Crippen molar-refractivity contribution in [1.29, 1.82) is 0 Å². The first-order valence-corrected chi connectivity index (χ1v) is 7.74. The van der Waals surface area contributed by atoms with Gasteiger partial charge in [0.05, 0.1) is 0 Å². The van der Waals surface area contributed by atoms with Crippen molar-refractivity contribution in [3.05, 3.63) is 0 Å². The van der Waals surface area contributed by atoms with E-state index in [-0.39, 0.29) is 0 Å². The maximum absolute atomic E-state index is 6.19. The van der Waals surface area contributed by atoms with Crippen LogP contribution in [0.25, 0.3) is 0 Å². The minimum atomic E-state index is 0.321. The standard InChI is InChI=1S/C15H28N2O/c1-13-4-2-3-5-15(13,10-16)17-11-14(12-17)6-8-18-9-7-14/h13H,2-12,16H2,1H3. The Morgan fingerprint density at radius 3 is 2.50 bits per heavy atom. The van der Waals surface area contributed by atoms with Gasteiger partial charge in [0.2, 0.25) is 0 Å². The Labute approximate surface area is 111 Å². The fourth-order valence-electron chi connectivity index (χ4n) is 4.50. The Hall–Kier alpha value is -0.120. The molecule has 2 heterocycles. The van der Waals surface area contributed by atoms with Gasteiger partial charge in [0.15, 0.2) is 0 Å². The summed E-state index contributed by atoms with van der Waals surface area (Å²) in [6.45, 7) is 7.76. The highest BCUT2D eigenvalue weighted by molar-refractivity contribution is 5.07. The van der Waals surface area contributed by atoms with E-state index in [0.717, 1.165) is 25.7 Å². The van der Waals surface area contributed by atoms with Crippen molar-refractivity contribution in [2.24, 2.45) is 17.1 Å². The van der Waals surface area contributed by atoms with Gasteiger partial charge in [-0.25, -0.2) is 0 Å². The molecule has 2 atom stereocenters. The van der Waals surface area contributed by atoms with Gasteiger partial charge in [0.1, 0.15) is 0 Å². The number of hydrogen-bond donors (Lipinski definition) is 1. The SMILES string of the molecule is CC1CCCCC1(CN)N1CC2(CCOCC2)C1. The van der Waals surface area contributed by atoms with Crippen molar-refractivity contribution < 1.29 is 4.74 Å². The first-order valence-electron chi connectivity index (χ1n) is 7.74. The summed E-state index contributed by atoms with van der Waals surface area (Å²) in [7, 11) is 0. The molecule has 1 aliphatic carbocycles. The first-order chi connectivity index (χ1) is 8.71. The lowest BCUT2D eigenvalue weighted by Gasteiger charge is -2.62. The fourth-order valence-corrected chi connectivity index (χ4v) is 4.50. The smallest absolute Gasteiger partial charge is 0.0472 e. The van der Waals surface area contributed by atoms with Crippen molar-refractivity contribution in [3.63, 3.8) is 0 Å². The zero-order valence-electron chi connectivity index (χ0n) is 11.8. The second kappa shape index (κ2) is 4.77. The van der Waals surface area contributed by atoms with E-state index in [1.165, 1.54) is 51.6 Å². The van der Waals surface area contributed by atoms with Crippen LogP contribution < -0.4 is 5.73 Å². The van der Waals surface area contributed by atoms with E-state index in [2.05, 4.69) is 11.8 Å². The van der Waals surface area contributed by atoms with Gasteiger partial charge in [-0.05, 0) is 31.6 Å². The lowest BCUT2D eigenvalue weighted by molar-refractivity contribution is -0.144. The Morgan fingerprint density at radius 2 is 1.89 bits per heavy atom. The second-order valence-corrected chi connectivity index (χ2v) is 6.92. The Bertz CT molecular complexity index is 293. The van der Waals surface area contributed by atoms with E-state index in [9.17, 15) is 0 Å². The van der Waals surface area contributed by atoms with Crippen LogP contribution in [0, 0.1) is 11.3 Å². The average Bonchev–Trinajstić information content (AvgIpc) is 2.38. The highest BCUT2D eigenvalue weighted by Gasteiger charge is 2.53. The van der Waals surface area contributed by atoms with Gasteiger partial charge in [0, 0.05) is 43.8 Å². The molecule has 0 amide bonds. The number of hydrogen-bond acceptors (Lipinski definition) is 3. The molecule has 3 heteroatoms. The van der Waals surface area contributed by atoms with Gasteiger partial charge in [-0.2, -0.15) is 0 Å². The van der Waals surface area contributed by atoms with Gasteiger partial charge in [-0.3, -0.25) is 4.90 Å². The summed E-state index contributed by atoms with van der Waals surface area (Å²) < 4.78 is 5.51. The van der Waals surface area contributed by atoms with E-state index >= 15 is 0 Å². The molecule has 0 bridgehead atoms. The number of rotatable bonds is 2. The second-order valence-electron chi connectivity index (χ2n) is 6.92. The van der Waals surface area contributed by atoms with Crippen LogP contribution in [0.1, 0.15) is 45.4 Å². The molecule has 1 spiro atoms. The Kier molecular flexibility index (Phi) is 3.41. The fraction of sp³-hybridized carbons (Fsp3) is 1.00. The first kappa shape index (κ1) is 12.9. The molecule has 3 nitrogen and oxygen atoms in total. The molecule has 0 radical (unpaired) electrons. The number of nitrogens with two attached hydrogens (primary N) is 1.